The second-order valence-electron chi connectivity index (χ2n) is 10.1. The average Bonchev–Trinajstić information content (AvgIpc) is 3.39. The molecule has 0 atom stereocenters. The minimum absolute atomic E-state index is 0.0853. The molecule has 0 saturated carbocycles. The van der Waals surface area contributed by atoms with Crippen molar-refractivity contribution in [3.05, 3.63) is 71.7 Å². The monoisotopic (exact) mass is 492 g/mol. The molecule has 2 aliphatic heterocycles. The number of β-amino-alcohol motifs (C(OH)–C–C–N with tert-alkyl or cyclic N) is 1. The SMILES string of the molecule is CC(C)(O)CN1CC(c2ccc3c(c2)OCCc2cn(-c4ncnn4-c4ccc(F)cc4F)nc2-3)C1. The fourth-order valence-electron chi connectivity index (χ4n) is 4.97. The van der Waals surface area contributed by atoms with Crippen LogP contribution in [0.3, 0.4) is 0 Å². The Hall–Kier alpha value is -3.63. The molecule has 0 spiro atoms. The van der Waals surface area contributed by atoms with E-state index in [-0.39, 0.29) is 5.69 Å². The molecule has 4 aromatic rings. The topological polar surface area (TPSA) is 81.2 Å². The van der Waals surface area contributed by atoms with E-state index in [0.29, 0.717) is 31.4 Å². The van der Waals surface area contributed by atoms with E-state index < -0.39 is 17.2 Å². The van der Waals surface area contributed by atoms with Crippen LogP contribution >= 0.6 is 0 Å². The number of rotatable bonds is 5. The van der Waals surface area contributed by atoms with Crippen molar-refractivity contribution in [3.63, 3.8) is 0 Å². The molecular weight excluding hydrogens is 466 g/mol. The third-order valence-corrected chi connectivity index (χ3v) is 6.59. The highest BCUT2D eigenvalue weighted by Gasteiger charge is 2.32. The second kappa shape index (κ2) is 8.49. The lowest BCUT2D eigenvalue weighted by molar-refractivity contribution is 0.00733. The average molecular weight is 493 g/mol. The summed E-state index contributed by atoms with van der Waals surface area (Å²) in [6, 6.07) is 9.56. The molecule has 186 valence electrons. The van der Waals surface area contributed by atoms with E-state index in [9.17, 15) is 13.9 Å². The zero-order chi connectivity index (χ0) is 25.0. The van der Waals surface area contributed by atoms with E-state index in [1.807, 2.05) is 26.1 Å². The van der Waals surface area contributed by atoms with Crippen molar-refractivity contribution in [1.82, 2.24) is 29.4 Å². The van der Waals surface area contributed by atoms with Gasteiger partial charge in [-0.25, -0.2) is 13.5 Å². The van der Waals surface area contributed by atoms with E-state index in [4.69, 9.17) is 9.84 Å². The number of fused-ring (bicyclic) bond motifs is 3. The van der Waals surface area contributed by atoms with Crippen molar-refractivity contribution in [2.45, 2.75) is 31.8 Å². The van der Waals surface area contributed by atoms with Gasteiger partial charge in [0, 0.05) is 55.4 Å². The molecule has 1 saturated heterocycles. The highest BCUT2D eigenvalue weighted by Crippen LogP contribution is 2.38. The van der Waals surface area contributed by atoms with Crippen LogP contribution in [0.4, 0.5) is 8.78 Å². The summed E-state index contributed by atoms with van der Waals surface area (Å²) < 4.78 is 36.8. The molecule has 0 radical (unpaired) electrons. The van der Waals surface area contributed by atoms with E-state index >= 15 is 0 Å². The Balaban J connectivity index is 1.30. The van der Waals surface area contributed by atoms with Crippen molar-refractivity contribution >= 4 is 0 Å². The Labute approximate surface area is 206 Å². The number of likely N-dealkylation sites (tertiary alicyclic amines) is 1. The zero-order valence-corrected chi connectivity index (χ0v) is 20.0. The van der Waals surface area contributed by atoms with Crippen molar-refractivity contribution < 1.29 is 18.6 Å². The molecule has 2 aromatic heterocycles. The first kappa shape index (κ1) is 22.8. The minimum atomic E-state index is -0.737. The summed E-state index contributed by atoms with van der Waals surface area (Å²) >= 11 is 0. The molecule has 4 heterocycles. The maximum atomic E-state index is 14.4. The molecule has 6 rings (SSSR count). The quantitative estimate of drug-likeness (QED) is 0.459. The highest BCUT2D eigenvalue weighted by atomic mass is 19.1. The van der Waals surface area contributed by atoms with Crippen molar-refractivity contribution in [2.24, 2.45) is 0 Å². The van der Waals surface area contributed by atoms with Crippen LogP contribution in [0.2, 0.25) is 0 Å². The number of aromatic nitrogens is 5. The van der Waals surface area contributed by atoms with Gasteiger partial charge in [0.25, 0.3) is 5.95 Å². The van der Waals surface area contributed by atoms with Crippen LogP contribution < -0.4 is 4.74 Å². The summed E-state index contributed by atoms with van der Waals surface area (Å²) in [6.07, 6.45) is 3.82. The lowest BCUT2D eigenvalue weighted by atomic mass is 9.89. The highest BCUT2D eigenvalue weighted by molar-refractivity contribution is 5.71. The Morgan fingerprint density at radius 2 is 1.97 bits per heavy atom. The maximum Gasteiger partial charge on any atom is 0.253 e. The molecule has 2 aromatic carbocycles. The molecule has 1 fully saturated rings. The van der Waals surface area contributed by atoms with Crippen LogP contribution in [0.5, 0.6) is 5.75 Å². The van der Waals surface area contributed by atoms with Gasteiger partial charge in [-0.05, 0) is 43.7 Å². The van der Waals surface area contributed by atoms with Crippen molar-refractivity contribution in [3.8, 4) is 28.6 Å². The molecule has 8 nitrogen and oxygen atoms in total. The smallest absolute Gasteiger partial charge is 0.253 e. The fraction of sp³-hybridized carbons (Fsp3) is 0.346. The van der Waals surface area contributed by atoms with Crippen LogP contribution in [-0.4, -0.2) is 66.4 Å². The molecule has 1 N–H and O–H groups in total. The first-order valence-corrected chi connectivity index (χ1v) is 11.9. The predicted octanol–water partition coefficient (Wildman–Crippen LogP) is 3.50. The van der Waals surface area contributed by atoms with Gasteiger partial charge in [-0.2, -0.15) is 19.9 Å². The van der Waals surface area contributed by atoms with E-state index in [1.54, 1.807) is 4.68 Å². The third kappa shape index (κ3) is 4.16. The molecular formula is C26H26F2N6O2. The van der Waals surface area contributed by atoms with Crippen molar-refractivity contribution in [2.75, 3.05) is 26.2 Å². The van der Waals surface area contributed by atoms with E-state index in [2.05, 4.69) is 27.1 Å². The van der Waals surface area contributed by atoms with Crippen LogP contribution in [-0.2, 0) is 6.42 Å². The van der Waals surface area contributed by atoms with E-state index in [1.165, 1.54) is 28.7 Å². The van der Waals surface area contributed by atoms with Gasteiger partial charge in [0.15, 0.2) is 5.82 Å². The number of aliphatic hydroxyl groups is 1. The fourth-order valence-corrected chi connectivity index (χ4v) is 4.97. The number of benzene rings is 2. The summed E-state index contributed by atoms with van der Waals surface area (Å²) in [5, 5.41) is 19.0. The number of halogens is 2. The summed E-state index contributed by atoms with van der Waals surface area (Å²) in [6.45, 7) is 6.61. The normalized spacial score (nSPS) is 16.1. The standard InChI is InChI=1S/C26H26F2N6O2/c1-26(2,35)14-32-11-18(12-32)16-3-5-20-23(9-16)36-8-7-17-13-33(31-24(17)20)25-29-15-30-34(25)22-6-4-19(27)10-21(22)28/h3-6,9-10,13,15,18,35H,7-8,11-12,14H2,1-2H3. The summed E-state index contributed by atoms with van der Waals surface area (Å²) in [7, 11) is 0. The third-order valence-electron chi connectivity index (χ3n) is 6.59. The lowest BCUT2D eigenvalue weighted by Gasteiger charge is -2.42. The summed E-state index contributed by atoms with van der Waals surface area (Å²) in [4.78, 5) is 6.52. The first-order chi connectivity index (χ1) is 17.2. The van der Waals surface area contributed by atoms with Gasteiger partial charge in [-0.15, -0.1) is 0 Å². The second-order valence-corrected chi connectivity index (χ2v) is 10.1. The number of hydrogen-bond acceptors (Lipinski definition) is 6. The van der Waals surface area contributed by atoms with Gasteiger partial charge < -0.3 is 9.84 Å². The molecule has 0 amide bonds. The zero-order valence-electron chi connectivity index (χ0n) is 20.0. The van der Waals surface area contributed by atoms with E-state index in [0.717, 1.165) is 41.7 Å². The molecule has 0 bridgehead atoms. The van der Waals surface area contributed by atoms with Gasteiger partial charge in [-0.3, -0.25) is 4.90 Å². The Kier molecular flexibility index (Phi) is 5.38. The van der Waals surface area contributed by atoms with Gasteiger partial charge in [-0.1, -0.05) is 6.07 Å². The largest absolute Gasteiger partial charge is 0.493 e. The number of hydrogen-bond donors (Lipinski definition) is 1. The molecule has 0 aliphatic carbocycles. The first-order valence-electron chi connectivity index (χ1n) is 11.9. The molecule has 36 heavy (non-hydrogen) atoms. The maximum absolute atomic E-state index is 14.4. The summed E-state index contributed by atoms with van der Waals surface area (Å²) in [5.74, 6) is 0.0774. The number of ether oxygens (including phenoxy) is 1. The van der Waals surface area contributed by atoms with Crippen LogP contribution in [0.1, 0.15) is 30.9 Å². The minimum Gasteiger partial charge on any atom is -0.493 e. The molecule has 0 unspecified atom stereocenters. The predicted molar refractivity (Wildman–Crippen MR) is 129 cm³/mol. The van der Waals surface area contributed by atoms with Crippen molar-refractivity contribution in [1.29, 1.82) is 0 Å². The summed E-state index contributed by atoms with van der Waals surface area (Å²) in [5.41, 5.74) is 3.23. The van der Waals surface area contributed by atoms with Crippen LogP contribution in [0, 0.1) is 11.6 Å². The van der Waals surface area contributed by atoms with Crippen LogP contribution in [0.25, 0.3) is 22.9 Å². The molecule has 2 aliphatic rings. The Bertz CT molecular complexity index is 1430. The lowest BCUT2D eigenvalue weighted by Crippen LogP contribution is -2.50. The molecule has 10 heteroatoms. The Morgan fingerprint density at radius 1 is 1.14 bits per heavy atom. The Morgan fingerprint density at radius 3 is 2.75 bits per heavy atom. The van der Waals surface area contributed by atoms with Gasteiger partial charge in [0.05, 0.1) is 17.9 Å². The van der Waals surface area contributed by atoms with Gasteiger partial charge in [0.1, 0.15) is 23.6 Å². The number of nitrogens with zero attached hydrogens (tertiary/aromatic N) is 6. The van der Waals surface area contributed by atoms with Crippen LogP contribution in [0.15, 0.2) is 48.9 Å². The van der Waals surface area contributed by atoms with Gasteiger partial charge >= 0.3 is 0 Å². The van der Waals surface area contributed by atoms with Gasteiger partial charge in [0.2, 0.25) is 0 Å².